The highest BCUT2D eigenvalue weighted by atomic mass is 19.4. The van der Waals surface area contributed by atoms with E-state index < -0.39 is 17.0 Å². The number of alkyl halides is 3. The second kappa shape index (κ2) is 7.07. The van der Waals surface area contributed by atoms with Gasteiger partial charge in [-0.25, -0.2) is 19.9 Å². The monoisotopic (exact) mass is 471 g/mol. The van der Waals surface area contributed by atoms with E-state index in [1.165, 1.54) is 10.6 Å². The Hall–Kier alpha value is -2.88. The summed E-state index contributed by atoms with van der Waals surface area (Å²) in [5.41, 5.74) is 0.881. The van der Waals surface area contributed by atoms with Crippen molar-refractivity contribution in [1.82, 2.24) is 24.5 Å². The van der Waals surface area contributed by atoms with E-state index >= 15 is 0 Å². The minimum absolute atomic E-state index is 0.0367. The van der Waals surface area contributed by atoms with Gasteiger partial charge in [0.05, 0.1) is 22.9 Å². The summed E-state index contributed by atoms with van der Waals surface area (Å²) in [6, 6.07) is 3.29. The molecule has 4 fully saturated rings. The van der Waals surface area contributed by atoms with Gasteiger partial charge in [-0.05, 0) is 50.7 Å². The first-order valence-corrected chi connectivity index (χ1v) is 11.5. The highest BCUT2D eigenvalue weighted by molar-refractivity contribution is 5.75. The van der Waals surface area contributed by atoms with E-state index in [4.69, 9.17) is 14.7 Å². The Labute approximate surface area is 193 Å². The van der Waals surface area contributed by atoms with Gasteiger partial charge in [-0.2, -0.15) is 13.2 Å². The van der Waals surface area contributed by atoms with Crippen LogP contribution in [0.3, 0.4) is 0 Å². The van der Waals surface area contributed by atoms with Crippen LogP contribution >= 0.6 is 0 Å². The molecule has 0 unspecified atom stereocenters. The van der Waals surface area contributed by atoms with E-state index in [0.717, 1.165) is 5.56 Å². The van der Waals surface area contributed by atoms with Crippen molar-refractivity contribution in [3.05, 3.63) is 57.7 Å². The summed E-state index contributed by atoms with van der Waals surface area (Å²) in [7, 11) is 1.70. The molecule has 3 aromatic heterocycles. The molecule has 0 spiro atoms. The molecular weight excluding hydrogens is 447 g/mol. The van der Waals surface area contributed by atoms with Crippen molar-refractivity contribution in [3.63, 3.8) is 0 Å². The van der Waals surface area contributed by atoms with Crippen molar-refractivity contribution in [3.8, 4) is 0 Å². The van der Waals surface area contributed by atoms with Crippen LogP contribution in [0.2, 0.25) is 0 Å². The summed E-state index contributed by atoms with van der Waals surface area (Å²) in [4.78, 5) is 30.4. The lowest BCUT2D eigenvalue weighted by Crippen LogP contribution is -2.70. The first kappa shape index (κ1) is 21.6. The van der Waals surface area contributed by atoms with Crippen molar-refractivity contribution >= 4 is 11.2 Å². The highest BCUT2D eigenvalue weighted by Crippen LogP contribution is 2.78. The van der Waals surface area contributed by atoms with Crippen molar-refractivity contribution in [2.75, 3.05) is 6.61 Å². The smallest absolute Gasteiger partial charge is 0.373 e. The molecule has 7 nitrogen and oxygen atoms in total. The van der Waals surface area contributed by atoms with Crippen LogP contribution in [0.25, 0.3) is 11.2 Å². The van der Waals surface area contributed by atoms with Gasteiger partial charge in [-0.1, -0.05) is 0 Å². The van der Waals surface area contributed by atoms with Gasteiger partial charge >= 0.3 is 6.18 Å². The topological polar surface area (TPSA) is 82.8 Å². The molecule has 2 bridgehead atoms. The molecule has 0 radical (unpaired) electrons. The van der Waals surface area contributed by atoms with Crippen LogP contribution in [0.4, 0.5) is 13.2 Å². The number of aryl methyl sites for hydroxylation is 2. The van der Waals surface area contributed by atoms with Crippen molar-refractivity contribution < 1.29 is 17.9 Å². The number of rotatable bonds is 3. The summed E-state index contributed by atoms with van der Waals surface area (Å²) in [5.74, 6) is 0.552. The molecule has 178 valence electrons. The maximum Gasteiger partial charge on any atom is 0.394 e. The third kappa shape index (κ3) is 3.10. The zero-order valence-corrected chi connectivity index (χ0v) is 18.9. The minimum Gasteiger partial charge on any atom is -0.373 e. The van der Waals surface area contributed by atoms with Gasteiger partial charge in [0.25, 0.3) is 0 Å². The molecule has 10 heteroatoms. The fourth-order valence-corrected chi connectivity index (χ4v) is 5.97. The average molecular weight is 471 g/mol. The molecule has 3 saturated carbocycles. The fraction of sp³-hybridized carbons (Fsp3) is 0.542. The Morgan fingerprint density at radius 2 is 1.91 bits per heavy atom. The van der Waals surface area contributed by atoms with E-state index in [9.17, 15) is 18.0 Å². The second-order valence-electron chi connectivity index (χ2n) is 10.2. The number of ether oxygens (including phenoxy) is 1. The zero-order chi connectivity index (χ0) is 23.9. The first-order chi connectivity index (χ1) is 16.1. The van der Waals surface area contributed by atoms with Gasteiger partial charge in [0, 0.05) is 43.4 Å². The Balaban J connectivity index is 1.36. The molecule has 4 aliphatic rings. The number of hydrogen-bond donors (Lipinski definition) is 0. The minimum atomic E-state index is -4.19. The lowest BCUT2D eigenvalue weighted by atomic mass is 9.34. The van der Waals surface area contributed by atoms with Crippen molar-refractivity contribution in [2.45, 2.75) is 62.6 Å². The van der Waals surface area contributed by atoms with Gasteiger partial charge in [0.1, 0.15) is 11.3 Å². The standard InChI is InChI=1S/C24H24F3N5O2/c1-13-8-28-18-19(22-10-23(11-22,12-22)24(25,26)27)30-20(31-21(18)29-13)14-5-6-34-16(7-14)15-3-4-17(33)32(2)9-15/h3-4,8-9,14,16H,5-7,10-12H2,1-2H3/t14-,16+,22?,23?/m0/s1. The highest BCUT2D eigenvalue weighted by Gasteiger charge is 2.79. The molecule has 4 heterocycles. The number of pyridine rings is 1. The van der Waals surface area contributed by atoms with Gasteiger partial charge in [0.15, 0.2) is 5.65 Å². The van der Waals surface area contributed by atoms with E-state index in [1.807, 2.05) is 6.92 Å². The number of aromatic nitrogens is 5. The quantitative estimate of drug-likeness (QED) is 0.573. The molecule has 1 aliphatic heterocycles. The van der Waals surface area contributed by atoms with E-state index in [-0.39, 0.29) is 36.8 Å². The van der Waals surface area contributed by atoms with Crippen LogP contribution in [-0.2, 0) is 17.2 Å². The molecule has 7 rings (SSSR count). The average Bonchev–Trinajstić information content (AvgIpc) is 2.72. The molecule has 1 saturated heterocycles. The Morgan fingerprint density at radius 3 is 2.62 bits per heavy atom. The fourth-order valence-electron chi connectivity index (χ4n) is 5.97. The molecule has 3 aromatic rings. The first-order valence-electron chi connectivity index (χ1n) is 11.5. The third-order valence-electron chi connectivity index (χ3n) is 7.81. The van der Waals surface area contributed by atoms with Crippen LogP contribution in [0.1, 0.15) is 66.9 Å². The van der Waals surface area contributed by atoms with Crippen molar-refractivity contribution in [1.29, 1.82) is 0 Å². The summed E-state index contributed by atoms with van der Waals surface area (Å²) < 4.78 is 48.0. The van der Waals surface area contributed by atoms with Gasteiger partial charge in [0.2, 0.25) is 5.56 Å². The van der Waals surface area contributed by atoms with E-state index in [2.05, 4.69) is 9.97 Å². The summed E-state index contributed by atoms with van der Waals surface area (Å²) in [5, 5.41) is 0. The molecule has 0 amide bonds. The summed E-state index contributed by atoms with van der Waals surface area (Å²) >= 11 is 0. The lowest BCUT2D eigenvalue weighted by molar-refractivity contribution is -0.337. The molecular formula is C24H24F3N5O2. The van der Waals surface area contributed by atoms with E-state index in [1.54, 1.807) is 25.5 Å². The van der Waals surface area contributed by atoms with Crippen molar-refractivity contribution in [2.24, 2.45) is 12.5 Å². The normalized spacial score (nSPS) is 30.6. The van der Waals surface area contributed by atoms with Crippen LogP contribution in [0, 0.1) is 12.3 Å². The third-order valence-corrected chi connectivity index (χ3v) is 7.81. The maximum absolute atomic E-state index is 13.5. The second-order valence-corrected chi connectivity index (χ2v) is 10.2. The maximum atomic E-state index is 13.5. The van der Waals surface area contributed by atoms with Gasteiger partial charge < -0.3 is 9.30 Å². The van der Waals surface area contributed by atoms with Crippen LogP contribution < -0.4 is 5.56 Å². The number of hydrogen-bond acceptors (Lipinski definition) is 6. The molecule has 3 aliphatic carbocycles. The SMILES string of the molecule is Cc1cnc2c(C34CC(C(F)(F)F)(C3)C4)nc([C@H]3CCO[C@@H](c4ccc(=O)n(C)c4)C3)nc2n1. The van der Waals surface area contributed by atoms with Crippen LogP contribution in [0.15, 0.2) is 29.3 Å². The number of fused-ring (bicyclic) bond motifs is 1. The largest absolute Gasteiger partial charge is 0.394 e. The summed E-state index contributed by atoms with van der Waals surface area (Å²) in [6.45, 7) is 2.31. The molecule has 0 aromatic carbocycles. The molecule has 2 atom stereocenters. The van der Waals surface area contributed by atoms with E-state index in [0.29, 0.717) is 47.8 Å². The Morgan fingerprint density at radius 1 is 1.15 bits per heavy atom. The zero-order valence-electron chi connectivity index (χ0n) is 18.9. The van der Waals surface area contributed by atoms with Crippen LogP contribution in [-0.4, -0.2) is 37.3 Å². The predicted molar refractivity (Wildman–Crippen MR) is 116 cm³/mol. The molecule has 34 heavy (non-hydrogen) atoms. The lowest BCUT2D eigenvalue weighted by Gasteiger charge is -2.70. The van der Waals surface area contributed by atoms with Crippen LogP contribution in [0.5, 0.6) is 0 Å². The Bertz CT molecular complexity index is 1350. The van der Waals surface area contributed by atoms with Gasteiger partial charge in [-0.3, -0.25) is 4.79 Å². The number of nitrogens with zero attached hydrogens (tertiary/aromatic N) is 5. The summed E-state index contributed by atoms with van der Waals surface area (Å²) in [6.07, 6.45) is 0.455. The predicted octanol–water partition coefficient (Wildman–Crippen LogP) is 4.05. The Kier molecular flexibility index (Phi) is 4.50. The van der Waals surface area contributed by atoms with Gasteiger partial charge in [-0.15, -0.1) is 0 Å². The number of halogens is 3. The molecule has 0 N–H and O–H groups in total.